The lowest BCUT2D eigenvalue weighted by Crippen LogP contribution is -2.31. The largest absolute Gasteiger partial charge is 0.350 e. The van der Waals surface area contributed by atoms with Crippen LogP contribution in [0.2, 0.25) is 0 Å². The molecule has 1 atom stereocenters. The molecule has 78 valence electrons. The summed E-state index contributed by atoms with van der Waals surface area (Å²) in [6.45, 7) is 6.94. The monoisotopic (exact) mass is 233 g/mol. The highest BCUT2D eigenvalue weighted by Crippen LogP contribution is 2.10. The molecule has 0 aliphatic heterocycles. The first-order valence-corrected chi connectivity index (χ1v) is 4.85. The Bertz CT molecular complexity index is 278. The molecular formula is C10H13Cl2NO. The van der Waals surface area contributed by atoms with Gasteiger partial charge in [0.2, 0.25) is 5.91 Å². The Balaban J connectivity index is 4.55. The lowest BCUT2D eigenvalue weighted by Gasteiger charge is -2.12. The van der Waals surface area contributed by atoms with E-state index in [-0.39, 0.29) is 16.4 Å². The van der Waals surface area contributed by atoms with Crippen LogP contribution in [0.4, 0.5) is 0 Å². The molecule has 0 heterocycles. The summed E-state index contributed by atoms with van der Waals surface area (Å²) >= 11 is 10.9. The fraction of sp³-hybridized carbons (Fsp3) is 0.300. The minimum atomic E-state index is -0.103. The summed E-state index contributed by atoms with van der Waals surface area (Å²) in [5.41, 5.74) is 0.846. The molecule has 1 unspecified atom stereocenters. The van der Waals surface area contributed by atoms with Gasteiger partial charge in [0, 0.05) is 6.92 Å². The maximum absolute atomic E-state index is 10.8. The third kappa shape index (κ3) is 5.84. The molecule has 1 amide bonds. The summed E-state index contributed by atoms with van der Waals surface area (Å²) in [4.78, 5) is 10.8. The van der Waals surface area contributed by atoms with Gasteiger partial charge in [-0.1, -0.05) is 41.9 Å². The molecule has 0 aliphatic rings. The Morgan fingerprint density at radius 2 is 2.00 bits per heavy atom. The van der Waals surface area contributed by atoms with E-state index in [2.05, 4.69) is 11.9 Å². The van der Waals surface area contributed by atoms with Crippen molar-refractivity contribution < 1.29 is 4.79 Å². The van der Waals surface area contributed by atoms with Crippen LogP contribution in [0.15, 0.2) is 34.9 Å². The number of hydrogen-bond acceptors (Lipinski definition) is 1. The molecule has 2 nitrogen and oxygen atoms in total. The molecule has 0 bridgehead atoms. The zero-order chi connectivity index (χ0) is 11.1. The highest BCUT2D eigenvalue weighted by molar-refractivity contribution is 6.55. The Morgan fingerprint density at radius 1 is 1.43 bits per heavy atom. The molecule has 0 spiro atoms. The van der Waals surface area contributed by atoms with Crippen LogP contribution in [0.3, 0.4) is 0 Å². The van der Waals surface area contributed by atoms with Crippen molar-refractivity contribution in [1.29, 1.82) is 0 Å². The third-order valence-electron chi connectivity index (χ3n) is 1.56. The van der Waals surface area contributed by atoms with E-state index in [9.17, 15) is 4.79 Å². The van der Waals surface area contributed by atoms with Crippen molar-refractivity contribution >= 4 is 29.1 Å². The molecule has 0 rings (SSSR count). The van der Waals surface area contributed by atoms with Crippen LogP contribution in [0.1, 0.15) is 13.8 Å². The number of allylic oxidation sites excluding steroid dienone is 2. The van der Waals surface area contributed by atoms with E-state index in [0.29, 0.717) is 0 Å². The maximum atomic E-state index is 10.8. The van der Waals surface area contributed by atoms with E-state index in [4.69, 9.17) is 23.2 Å². The lowest BCUT2D eigenvalue weighted by molar-refractivity contribution is -0.119. The lowest BCUT2D eigenvalue weighted by atomic mass is 10.1. The summed E-state index contributed by atoms with van der Waals surface area (Å²) in [5, 5.41) is 2.72. The number of rotatable bonds is 4. The summed E-state index contributed by atoms with van der Waals surface area (Å²) < 4.78 is 0.166. The van der Waals surface area contributed by atoms with Gasteiger partial charge < -0.3 is 5.32 Å². The van der Waals surface area contributed by atoms with Crippen LogP contribution in [0.5, 0.6) is 0 Å². The maximum Gasteiger partial charge on any atom is 0.217 e. The van der Waals surface area contributed by atoms with Crippen LogP contribution in [0, 0.1) is 0 Å². The van der Waals surface area contributed by atoms with Crippen molar-refractivity contribution in [2.75, 3.05) is 0 Å². The van der Waals surface area contributed by atoms with Crippen molar-refractivity contribution in [2.45, 2.75) is 19.9 Å². The van der Waals surface area contributed by atoms with Gasteiger partial charge in [0.1, 0.15) is 4.49 Å². The summed E-state index contributed by atoms with van der Waals surface area (Å²) in [7, 11) is 0. The molecule has 0 aromatic heterocycles. The second-order valence-electron chi connectivity index (χ2n) is 2.75. The van der Waals surface area contributed by atoms with Crippen LogP contribution >= 0.6 is 23.2 Å². The van der Waals surface area contributed by atoms with E-state index < -0.39 is 0 Å². The zero-order valence-corrected chi connectivity index (χ0v) is 9.69. The molecule has 1 N–H and O–H groups in total. The van der Waals surface area contributed by atoms with Gasteiger partial charge in [0.25, 0.3) is 0 Å². The van der Waals surface area contributed by atoms with Crippen molar-refractivity contribution in [3.8, 4) is 0 Å². The molecule has 14 heavy (non-hydrogen) atoms. The second kappa shape index (κ2) is 6.68. The summed E-state index contributed by atoms with van der Waals surface area (Å²) in [6, 6.07) is -0.103. The number of nitrogens with one attached hydrogen (secondary N) is 1. The highest BCUT2D eigenvalue weighted by Gasteiger charge is 2.05. The van der Waals surface area contributed by atoms with Crippen LogP contribution in [0.25, 0.3) is 0 Å². The second-order valence-corrected chi connectivity index (χ2v) is 3.76. The number of halogens is 2. The Labute approximate surface area is 94.3 Å². The van der Waals surface area contributed by atoms with Gasteiger partial charge in [-0.15, -0.1) is 0 Å². The molecular weight excluding hydrogens is 221 g/mol. The predicted molar refractivity (Wildman–Crippen MR) is 61.3 cm³/mol. The highest BCUT2D eigenvalue weighted by atomic mass is 35.5. The van der Waals surface area contributed by atoms with Crippen LogP contribution in [-0.4, -0.2) is 11.9 Å². The average Bonchev–Trinajstić information content (AvgIpc) is 2.03. The van der Waals surface area contributed by atoms with Crippen LogP contribution in [-0.2, 0) is 4.79 Å². The van der Waals surface area contributed by atoms with Gasteiger partial charge in [0.15, 0.2) is 0 Å². The smallest absolute Gasteiger partial charge is 0.217 e. The van der Waals surface area contributed by atoms with Gasteiger partial charge in [-0.3, -0.25) is 4.79 Å². The van der Waals surface area contributed by atoms with Crippen molar-refractivity contribution in [1.82, 2.24) is 5.32 Å². The summed E-state index contributed by atoms with van der Waals surface area (Å²) in [5.74, 6) is -0.0915. The van der Waals surface area contributed by atoms with E-state index >= 15 is 0 Å². The molecule has 0 fully saturated rings. The number of carbonyl (C=O) groups is 1. The number of amides is 1. The minimum absolute atomic E-state index is 0.0915. The fourth-order valence-corrected chi connectivity index (χ4v) is 1.06. The third-order valence-corrected chi connectivity index (χ3v) is 1.81. The first kappa shape index (κ1) is 13.3. The van der Waals surface area contributed by atoms with Crippen molar-refractivity contribution in [3.05, 3.63) is 34.9 Å². The Kier molecular flexibility index (Phi) is 6.34. The molecule has 0 aromatic rings. The molecule has 0 radical (unpaired) electrons. The van der Waals surface area contributed by atoms with Gasteiger partial charge in [0.05, 0.1) is 6.04 Å². The van der Waals surface area contributed by atoms with Gasteiger partial charge in [-0.2, -0.15) is 0 Å². The SMILES string of the molecule is C=C/C(=C\C=C(Cl)Cl)C(C)NC(C)=O. The van der Waals surface area contributed by atoms with Gasteiger partial charge in [-0.25, -0.2) is 0 Å². The van der Waals surface area contributed by atoms with Crippen LogP contribution < -0.4 is 5.32 Å². The number of carbonyl (C=O) groups excluding carboxylic acids is 1. The van der Waals surface area contributed by atoms with Gasteiger partial charge in [-0.05, 0) is 18.6 Å². The summed E-state index contributed by atoms with van der Waals surface area (Å²) in [6.07, 6.45) is 4.90. The predicted octanol–water partition coefficient (Wildman–Crippen LogP) is 2.94. The van der Waals surface area contributed by atoms with E-state index in [1.165, 1.54) is 6.92 Å². The molecule has 0 aliphatic carbocycles. The molecule has 0 aromatic carbocycles. The van der Waals surface area contributed by atoms with E-state index in [0.717, 1.165) is 5.57 Å². The van der Waals surface area contributed by atoms with Crippen molar-refractivity contribution in [3.63, 3.8) is 0 Å². The normalized spacial score (nSPS) is 13.0. The molecule has 0 saturated heterocycles. The van der Waals surface area contributed by atoms with Gasteiger partial charge >= 0.3 is 0 Å². The first-order chi connectivity index (χ1) is 6.47. The Hall–Kier alpha value is -0.730. The minimum Gasteiger partial charge on any atom is -0.350 e. The zero-order valence-electron chi connectivity index (χ0n) is 8.18. The molecule has 0 saturated carbocycles. The molecule has 4 heteroatoms. The quantitative estimate of drug-likeness (QED) is 0.744. The number of hydrogen-bond donors (Lipinski definition) is 1. The topological polar surface area (TPSA) is 29.1 Å². The standard InChI is InChI=1S/C10H13Cl2NO/c1-4-9(5-6-10(11)12)7(2)13-8(3)14/h4-7H,1H2,2-3H3,(H,13,14)/b9-5+. The fourth-order valence-electron chi connectivity index (χ4n) is 0.937. The van der Waals surface area contributed by atoms with E-state index in [1.807, 2.05) is 6.92 Å². The van der Waals surface area contributed by atoms with E-state index in [1.54, 1.807) is 18.2 Å². The Morgan fingerprint density at radius 3 is 2.36 bits per heavy atom. The van der Waals surface area contributed by atoms with Crippen molar-refractivity contribution in [2.24, 2.45) is 0 Å². The first-order valence-electron chi connectivity index (χ1n) is 4.09. The average molecular weight is 234 g/mol.